The van der Waals surface area contributed by atoms with E-state index >= 15 is 0 Å². The van der Waals surface area contributed by atoms with E-state index in [1.165, 1.54) is 7.11 Å². The van der Waals surface area contributed by atoms with Gasteiger partial charge in [0.2, 0.25) is 0 Å². The molecule has 20 heavy (non-hydrogen) atoms. The van der Waals surface area contributed by atoms with Crippen LogP contribution in [-0.2, 0) is 19.0 Å². The van der Waals surface area contributed by atoms with Gasteiger partial charge in [-0.3, -0.25) is 0 Å². The van der Waals surface area contributed by atoms with Crippen LogP contribution in [0.5, 0.6) is 0 Å². The average molecular weight is 278 g/mol. The highest BCUT2D eigenvalue weighted by atomic mass is 16.8. The molecule has 1 aliphatic rings. The number of ether oxygens (including phenoxy) is 3. The first-order valence-electron chi connectivity index (χ1n) is 7.06. The van der Waals surface area contributed by atoms with Crippen molar-refractivity contribution in [2.45, 2.75) is 51.6 Å². The molecule has 2 rings (SSSR count). The quantitative estimate of drug-likeness (QED) is 0.794. The monoisotopic (exact) mass is 278 g/mol. The van der Waals surface area contributed by atoms with Crippen LogP contribution < -0.4 is 0 Å². The van der Waals surface area contributed by atoms with Crippen molar-refractivity contribution in [1.82, 2.24) is 0 Å². The molecule has 0 amide bonds. The Morgan fingerprint density at radius 2 is 1.90 bits per heavy atom. The summed E-state index contributed by atoms with van der Waals surface area (Å²) in [5, 5.41) is 0. The number of rotatable bonds is 4. The minimum atomic E-state index is -0.707. The molecule has 1 aromatic carbocycles. The molecule has 0 unspecified atom stereocenters. The standard InChI is InChI=1S/C16H22O4/c1-5-16(6-2)19-13(14(20-16)15(17)18-4)12-10-8-7-9-11(12)3/h7-10,13-14H,5-6H2,1-4H3/t13-,14-/m0/s1. The van der Waals surface area contributed by atoms with Gasteiger partial charge in [0, 0.05) is 0 Å². The van der Waals surface area contributed by atoms with Crippen molar-refractivity contribution in [2.24, 2.45) is 0 Å². The number of aryl methyl sites for hydroxylation is 1. The van der Waals surface area contributed by atoms with Crippen LogP contribution in [0.3, 0.4) is 0 Å². The molecule has 1 aromatic rings. The predicted molar refractivity (Wildman–Crippen MR) is 75.2 cm³/mol. The molecule has 1 heterocycles. The molecular formula is C16H22O4. The lowest BCUT2D eigenvalue weighted by molar-refractivity contribution is -0.187. The zero-order chi connectivity index (χ0) is 14.8. The Bertz CT molecular complexity index is 479. The third kappa shape index (κ3) is 2.58. The fourth-order valence-electron chi connectivity index (χ4n) is 2.62. The lowest BCUT2D eigenvalue weighted by Crippen LogP contribution is -2.32. The number of hydrogen-bond donors (Lipinski definition) is 0. The van der Waals surface area contributed by atoms with Gasteiger partial charge in [-0.2, -0.15) is 0 Å². The first-order valence-corrected chi connectivity index (χ1v) is 7.06. The Hall–Kier alpha value is -1.39. The summed E-state index contributed by atoms with van der Waals surface area (Å²) in [7, 11) is 1.37. The van der Waals surface area contributed by atoms with Crippen molar-refractivity contribution < 1.29 is 19.0 Å². The maximum absolute atomic E-state index is 12.0. The summed E-state index contributed by atoms with van der Waals surface area (Å²) in [6.45, 7) is 6.00. The van der Waals surface area contributed by atoms with Gasteiger partial charge < -0.3 is 14.2 Å². The topological polar surface area (TPSA) is 44.8 Å². The summed E-state index contributed by atoms with van der Waals surface area (Å²) in [4.78, 5) is 12.0. The Kier molecular flexibility index (Phi) is 4.45. The first kappa shape index (κ1) is 15.0. The molecule has 0 radical (unpaired) electrons. The molecule has 1 fully saturated rings. The van der Waals surface area contributed by atoms with Gasteiger partial charge in [-0.1, -0.05) is 38.1 Å². The van der Waals surface area contributed by atoms with E-state index in [9.17, 15) is 4.79 Å². The smallest absolute Gasteiger partial charge is 0.338 e. The lowest BCUT2D eigenvalue weighted by atomic mass is 9.99. The molecule has 0 N–H and O–H groups in total. The summed E-state index contributed by atoms with van der Waals surface area (Å²) >= 11 is 0. The maximum Gasteiger partial charge on any atom is 0.338 e. The number of esters is 1. The molecule has 0 aromatic heterocycles. The summed E-state index contributed by atoms with van der Waals surface area (Å²) in [6, 6.07) is 7.89. The normalized spacial score (nSPS) is 24.6. The molecule has 0 aliphatic carbocycles. The Morgan fingerprint density at radius 3 is 2.45 bits per heavy atom. The highest BCUT2D eigenvalue weighted by molar-refractivity contribution is 5.76. The highest BCUT2D eigenvalue weighted by Crippen LogP contribution is 2.43. The molecule has 110 valence electrons. The third-order valence-corrected chi connectivity index (χ3v) is 3.96. The van der Waals surface area contributed by atoms with Crippen LogP contribution in [0.1, 0.15) is 43.9 Å². The van der Waals surface area contributed by atoms with Gasteiger partial charge in [-0.05, 0) is 30.9 Å². The van der Waals surface area contributed by atoms with Gasteiger partial charge in [-0.15, -0.1) is 0 Å². The molecule has 0 spiro atoms. The summed E-state index contributed by atoms with van der Waals surface area (Å²) in [5.74, 6) is -1.09. The van der Waals surface area contributed by atoms with Crippen molar-refractivity contribution in [3.63, 3.8) is 0 Å². The molecule has 4 nitrogen and oxygen atoms in total. The van der Waals surface area contributed by atoms with Gasteiger partial charge in [0.15, 0.2) is 11.9 Å². The molecule has 4 heteroatoms. The highest BCUT2D eigenvalue weighted by Gasteiger charge is 2.50. The first-order chi connectivity index (χ1) is 9.56. The van der Waals surface area contributed by atoms with Crippen molar-refractivity contribution in [3.05, 3.63) is 35.4 Å². The van der Waals surface area contributed by atoms with E-state index in [1.54, 1.807) is 0 Å². The van der Waals surface area contributed by atoms with E-state index in [1.807, 2.05) is 45.0 Å². The predicted octanol–water partition coefficient (Wildman–Crippen LogP) is 3.14. The Labute approximate surface area is 120 Å². The van der Waals surface area contributed by atoms with Crippen LogP contribution in [0.2, 0.25) is 0 Å². The number of methoxy groups -OCH3 is 1. The van der Waals surface area contributed by atoms with Crippen LogP contribution in [0.15, 0.2) is 24.3 Å². The molecule has 1 aliphatic heterocycles. The maximum atomic E-state index is 12.0. The summed E-state index contributed by atoms with van der Waals surface area (Å²) in [6.07, 6.45) is 0.267. The second-order valence-electron chi connectivity index (χ2n) is 5.07. The fourth-order valence-corrected chi connectivity index (χ4v) is 2.62. The SMILES string of the molecule is CCC1(CC)O[C@H](C(=O)OC)[C@H](c2ccccc2C)O1. The van der Waals surface area contributed by atoms with Crippen LogP contribution in [0.4, 0.5) is 0 Å². The minimum absolute atomic E-state index is 0.387. The molecule has 0 saturated carbocycles. The van der Waals surface area contributed by atoms with Crippen molar-refractivity contribution >= 4 is 5.97 Å². The number of benzene rings is 1. The van der Waals surface area contributed by atoms with Gasteiger partial charge in [0.05, 0.1) is 7.11 Å². The van der Waals surface area contributed by atoms with Crippen LogP contribution in [-0.4, -0.2) is 25.0 Å². The van der Waals surface area contributed by atoms with Gasteiger partial charge in [0.1, 0.15) is 6.10 Å². The number of hydrogen-bond acceptors (Lipinski definition) is 4. The van der Waals surface area contributed by atoms with E-state index in [2.05, 4.69) is 0 Å². The van der Waals surface area contributed by atoms with E-state index in [0.29, 0.717) is 12.8 Å². The minimum Gasteiger partial charge on any atom is -0.467 e. The van der Waals surface area contributed by atoms with E-state index in [4.69, 9.17) is 14.2 Å². The zero-order valence-corrected chi connectivity index (χ0v) is 12.5. The van der Waals surface area contributed by atoms with E-state index in [0.717, 1.165) is 11.1 Å². The summed E-state index contributed by atoms with van der Waals surface area (Å²) < 4.78 is 16.9. The van der Waals surface area contributed by atoms with E-state index in [-0.39, 0.29) is 5.97 Å². The number of carbonyl (C=O) groups excluding carboxylic acids is 1. The second kappa shape index (κ2) is 5.94. The summed E-state index contributed by atoms with van der Waals surface area (Å²) in [5.41, 5.74) is 2.06. The average Bonchev–Trinajstić information content (AvgIpc) is 2.87. The van der Waals surface area contributed by atoms with Crippen LogP contribution >= 0.6 is 0 Å². The largest absolute Gasteiger partial charge is 0.467 e. The zero-order valence-electron chi connectivity index (χ0n) is 12.5. The molecule has 0 bridgehead atoms. The van der Waals surface area contributed by atoms with Crippen LogP contribution in [0, 0.1) is 6.92 Å². The van der Waals surface area contributed by atoms with Crippen molar-refractivity contribution in [2.75, 3.05) is 7.11 Å². The molecule has 1 saturated heterocycles. The lowest BCUT2D eigenvalue weighted by Gasteiger charge is -2.25. The Balaban J connectivity index is 2.38. The Morgan fingerprint density at radius 1 is 1.25 bits per heavy atom. The van der Waals surface area contributed by atoms with Gasteiger partial charge >= 0.3 is 5.97 Å². The second-order valence-corrected chi connectivity index (χ2v) is 5.07. The molecular weight excluding hydrogens is 256 g/mol. The van der Waals surface area contributed by atoms with Crippen molar-refractivity contribution in [1.29, 1.82) is 0 Å². The van der Waals surface area contributed by atoms with Gasteiger partial charge in [-0.25, -0.2) is 4.79 Å². The number of carbonyl (C=O) groups is 1. The van der Waals surface area contributed by atoms with Crippen molar-refractivity contribution in [3.8, 4) is 0 Å². The van der Waals surface area contributed by atoms with Crippen LogP contribution in [0.25, 0.3) is 0 Å². The van der Waals surface area contributed by atoms with E-state index < -0.39 is 18.0 Å². The molecule has 2 atom stereocenters. The van der Waals surface area contributed by atoms with Gasteiger partial charge in [0.25, 0.3) is 0 Å². The third-order valence-electron chi connectivity index (χ3n) is 3.96. The fraction of sp³-hybridized carbons (Fsp3) is 0.562.